The Balaban J connectivity index is 3.50. The van der Waals surface area contributed by atoms with Gasteiger partial charge in [0.2, 0.25) is 18.1 Å². The molecular weight excluding hydrogens is 259 g/mol. The number of halogens is 2. The molecule has 0 aromatic rings. The zero-order valence-corrected chi connectivity index (χ0v) is 9.89. The summed E-state index contributed by atoms with van der Waals surface area (Å²) in [5.74, 6) is -0.256. The minimum absolute atomic E-state index is 0.128. The molecule has 0 fully saturated rings. The molecule has 0 radical (unpaired) electrons. The third kappa shape index (κ3) is 12.5. The van der Waals surface area contributed by atoms with Crippen molar-refractivity contribution in [3.63, 3.8) is 0 Å². The fourth-order valence-electron chi connectivity index (χ4n) is 0.726. The fraction of sp³-hybridized carbons (Fsp3) is 1.00. The molecule has 0 bridgehead atoms. The molecule has 0 aliphatic rings. The molecule has 0 rings (SSSR count). The topological polar surface area (TPSA) is 68.3 Å². The Morgan fingerprint density at radius 2 is 1.00 bits per heavy atom. The Bertz CT molecular complexity index is 298. The summed E-state index contributed by atoms with van der Waals surface area (Å²) >= 11 is 0. The van der Waals surface area contributed by atoms with Gasteiger partial charge in [0.05, 0.1) is 11.5 Å². The highest BCUT2D eigenvalue weighted by Gasteiger charge is 2.06. The smallest absolute Gasteiger partial charge is 0.212 e. The Morgan fingerprint density at radius 1 is 0.692 bits per heavy atom. The maximum absolute atomic E-state index is 10.4. The van der Waals surface area contributed by atoms with Gasteiger partial charge < -0.3 is 0 Å². The summed E-state index contributed by atoms with van der Waals surface area (Å²) in [5, 5.41) is 0. The van der Waals surface area contributed by atoms with Crippen LogP contribution in [0, 0.1) is 0 Å². The van der Waals surface area contributed by atoms with Crippen molar-refractivity contribution < 1.29 is 16.8 Å². The first-order valence-electron chi connectivity index (χ1n) is 3.55. The van der Waals surface area contributed by atoms with Crippen LogP contribution in [-0.4, -0.2) is 28.3 Å². The van der Waals surface area contributed by atoms with Gasteiger partial charge in [-0.15, -0.1) is 0 Å². The van der Waals surface area contributed by atoms with E-state index >= 15 is 0 Å². The molecule has 0 atom stereocenters. The molecule has 0 saturated heterocycles. The highest BCUT2D eigenvalue weighted by Crippen LogP contribution is 2.06. The molecule has 0 saturated carbocycles. The van der Waals surface area contributed by atoms with Crippen LogP contribution in [0.4, 0.5) is 0 Å². The number of unbranched alkanes of at least 4 members (excludes halogenated alkanes) is 2. The van der Waals surface area contributed by atoms with Gasteiger partial charge in [-0.3, -0.25) is 0 Å². The lowest BCUT2D eigenvalue weighted by Gasteiger charge is -1.96. The van der Waals surface area contributed by atoms with Crippen molar-refractivity contribution in [1.29, 1.82) is 0 Å². The van der Waals surface area contributed by atoms with Crippen LogP contribution in [0.15, 0.2) is 0 Å². The SMILES string of the molecule is O=S(=O)(Cl)CCCCCS(=O)(=O)Cl. The molecule has 8 heteroatoms. The van der Waals surface area contributed by atoms with Crippen LogP contribution >= 0.6 is 21.4 Å². The van der Waals surface area contributed by atoms with Crippen LogP contribution < -0.4 is 0 Å². The van der Waals surface area contributed by atoms with Gasteiger partial charge >= 0.3 is 0 Å². The lowest BCUT2D eigenvalue weighted by molar-refractivity contribution is 0.601. The van der Waals surface area contributed by atoms with Crippen molar-refractivity contribution in [3.8, 4) is 0 Å². The molecule has 0 spiro atoms. The third-order valence-electron chi connectivity index (χ3n) is 1.28. The highest BCUT2D eigenvalue weighted by molar-refractivity contribution is 8.14. The maximum atomic E-state index is 10.4. The Kier molecular flexibility index (Phi) is 5.58. The molecular formula is C5H10Cl2O4S2. The number of hydrogen-bond donors (Lipinski definition) is 0. The first-order chi connectivity index (χ1) is 5.71. The predicted octanol–water partition coefficient (Wildman–Crippen LogP) is 1.29. The summed E-state index contributed by atoms with van der Waals surface area (Å²) in [4.78, 5) is 0. The largest absolute Gasteiger partial charge is 0.232 e. The fourth-order valence-corrected chi connectivity index (χ4v) is 2.48. The average molecular weight is 269 g/mol. The van der Waals surface area contributed by atoms with E-state index in [-0.39, 0.29) is 11.5 Å². The minimum atomic E-state index is -3.45. The monoisotopic (exact) mass is 268 g/mol. The van der Waals surface area contributed by atoms with Gasteiger partial charge in [-0.2, -0.15) is 0 Å². The molecule has 80 valence electrons. The highest BCUT2D eigenvalue weighted by atomic mass is 35.7. The molecule has 0 aliphatic heterocycles. The van der Waals surface area contributed by atoms with E-state index in [1.54, 1.807) is 0 Å². The van der Waals surface area contributed by atoms with Crippen LogP contribution in [0.3, 0.4) is 0 Å². The molecule has 4 nitrogen and oxygen atoms in total. The van der Waals surface area contributed by atoms with Crippen molar-refractivity contribution >= 4 is 39.5 Å². The van der Waals surface area contributed by atoms with E-state index in [9.17, 15) is 16.8 Å². The predicted molar refractivity (Wildman–Crippen MR) is 53.1 cm³/mol. The van der Waals surface area contributed by atoms with Crippen molar-refractivity contribution in [3.05, 3.63) is 0 Å². The molecule has 13 heavy (non-hydrogen) atoms. The second kappa shape index (κ2) is 5.38. The van der Waals surface area contributed by atoms with Gasteiger partial charge in [-0.1, -0.05) is 6.42 Å². The molecule has 0 aromatic heterocycles. The van der Waals surface area contributed by atoms with Crippen LogP contribution in [0.5, 0.6) is 0 Å². The summed E-state index contributed by atoms with van der Waals surface area (Å²) in [7, 11) is 2.96. The Labute approximate surface area is 87.1 Å². The van der Waals surface area contributed by atoms with Crippen molar-refractivity contribution in [2.75, 3.05) is 11.5 Å². The molecule has 0 aliphatic carbocycles. The molecule has 0 aromatic carbocycles. The summed E-state index contributed by atoms with van der Waals surface area (Å²) in [6.07, 6.45) is 1.20. The zero-order valence-electron chi connectivity index (χ0n) is 6.74. The lowest BCUT2D eigenvalue weighted by Crippen LogP contribution is -2.00. The summed E-state index contributed by atoms with van der Waals surface area (Å²) in [6, 6.07) is 0. The number of rotatable bonds is 6. The van der Waals surface area contributed by atoms with Crippen molar-refractivity contribution in [2.45, 2.75) is 19.3 Å². The van der Waals surface area contributed by atoms with E-state index in [1.807, 2.05) is 0 Å². The van der Waals surface area contributed by atoms with E-state index in [0.29, 0.717) is 19.3 Å². The van der Waals surface area contributed by atoms with E-state index in [1.165, 1.54) is 0 Å². The van der Waals surface area contributed by atoms with Gasteiger partial charge in [-0.25, -0.2) is 16.8 Å². The van der Waals surface area contributed by atoms with Gasteiger partial charge in [0.25, 0.3) is 0 Å². The second-order valence-electron chi connectivity index (χ2n) is 2.55. The van der Waals surface area contributed by atoms with E-state index in [0.717, 1.165) is 0 Å². The quantitative estimate of drug-likeness (QED) is 0.538. The van der Waals surface area contributed by atoms with Gasteiger partial charge in [0, 0.05) is 21.4 Å². The normalized spacial score (nSPS) is 13.1. The first kappa shape index (κ1) is 13.5. The van der Waals surface area contributed by atoms with E-state index in [4.69, 9.17) is 21.4 Å². The van der Waals surface area contributed by atoms with Crippen LogP contribution in [0.2, 0.25) is 0 Å². The van der Waals surface area contributed by atoms with Gasteiger partial charge in [0.15, 0.2) is 0 Å². The van der Waals surface area contributed by atoms with Crippen molar-refractivity contribution in [1.82, 2.24) is 0 Å². The molecule has 0 unspecified atom stereocenters. The van der Waals surface area contributed by atoms with Crippen LogP contribution in [0.1, 0.15) is 19.3 Å². The van der Waals surface area contributed by atoms with Gasteiger partial charge in [-0.05, 0) is 12.8 Å². The maximum Gasteiger partial charge on any atom is 0.232 e. The van der Waals surface area contributed by atoms with Crippen LogP contribution in [-0.2, 0) is 18.1 Å². The number of hydrogen-bond acceptors (Lipinski definition) is 4. The standard InChI is InChI=1S/C5H10Cl2O4S2/c6-12(8,9)4-2-1-3-5-13(7,10)11/h1-5H2. The minimum Gasteiger partial charge on any atom is -0.212 e. The summed E-state index contributed by atoms with van der Waals surface area (Å²) in [5.41, 5.74) is 0. The zero-order chi connectivity index (χ0) is 10.5. The lowest BCUT2D eigenvalue weighted by atomic mass is 10.3. The Hall–Kier alpha value is 0.480. The van der Waals surface area contributed by atoms with Crippen LogP contribution in [0.25, 0.3) is 0 Å². The van der Waals surface area contributed by atoms with E-state index < -0.39 is 18.1 Å². The third-order valence-corrected chi connectivity index (χ3v) is 3.75. The van der Waals surface area contributed by atoms with Gasteiger partial charge in [0.1, 0.15) is 0 Å². The molecule has 0 N–H and O–H groups in total. The molecule has 0 amide bonds. The summed E-state index contributed by atoms with van der Waals surface area (Å²) in [6.45, 7) is 0. The van der Waals surface area contributed by atoms with Crippen molar-refractivity contribution in [2.24, 2.45) is 0 Å². The van der Waals surface area contributed by atoms with E-state index in [2.05, 4.69) is 0 Å². The average Bonchev–Trinajstić information content (AvgIpc) is 1.81. The Morgan fingerprint density at radius 3 is 1.23 bits per heavy atom. The summed E-state index contributed by atoms with van der Waals surface area (Å²) < 4.78 is 41.6. The second-order valence-corrected chi connectivity index (χ2v) is 8.34. The molecule has 0 heterocycles. The first-order valence-corrected chi connectivity index (χ1v) is 8.51.